The highest BCUT2D eigenvalue weighted by atomic mass is 32.2. The van der Waals surface area contributed by atoms with Crippen LogP contribution < -0.4 is 19.1 Å². The van der Waals surface area contributed by atoms with Crippen LogP contribution in [0.2, 0.25) is 0 Å². The highest BCUT2D eigenvalue weighted by Gasteiger charge is 2.34. The molecule has 0 spiro atoms. The summed E-state index contributed by atoms with van der Waals surface area (Å²) < 4.78 is 78.2. The molecule has 0 radical (unpaired) electrons. The molecule has 0 saturated carbocycles. The van der Waals surface area contributed by atoms with Gasteiger partial charge < -0.3 is 14.8 Å². The summed E-state index contributed by atoms with van der Waals surface area (Å²) in [5.74, 6) is -0.586. The molecule has 1 N–H and O–H groups in total. The highest BCUT2D eigenvalue weighted by molar-refractivity contribution is 7.92. The first-order valence-corrected chi connectivity index (χ1v) is 11.3. The van der Waals surface area contributed by atoms with Crippen LogP contribution in [0.1, 0.15) is 5.56 Å². The number of carbonyl (C=O) groups is 1. The molecule has 0 saturated heterocycles. The SMILES string of the molecule is COc1ccc(OC)c(N(CC(=O)Nc2ccccc2C(F)(F)F)S(=O)(=O)c2ccccc2)c1. The average Bonchev–Trinajstić information content (AvgIpc) is 2.82. The second-order valence-electron chi connectivity index (χ2n) is 6.95. The monoisotopic (exact) mass is 494 g/mol. The predicted octanol–water partition coefficient (Wildman–Crippen LogP) is 4.56. The van der Waals surface area contributed by atoms with Gasteiger partial charge in [0.25, 0.3) is 10.0 Å². The molecule has 7 nitrogen and oxygen atoms in total. The van der Waals surface area contributed by atoms with Gasteiger partial charge in [-0.1, -0.05) is 30.3 Å². The first kappa shape index (κ1) is 24.9. The van der Waals surface area contributed by atoms with E-state index in [0.29, 0.717) is 0 Å². The van der Waals surface area contributed by atoms with Crippen LogP contribution in [0, 0.1) is 0 Å². The molecular weight excluding hydrogens is 473 g/mol. The van der Waals surface area contributed by atoms with Gasteiger partial charge in [-0.15, -0.1) is 0 Å². The maximum atomic E-state index is 13.5. The molecule has 0 aliphatic rings. The molecule has 0 fully saturated rings. The molecule has 34 heavy (non-hydrogen) atoms. The number of nitrogens with one attached hydrogen (secondary N) is 1. The minimum atomic E-state index is -4.71. The summed E-state index contributed by atoms with van der Waals surface area (Å²) in [6.07, 6.45) is -4.71. The van der Waals surface area contributed by atoms with Gasteiger partial charge in [-0.25, -0.2) is 8.42 Å². The van der Waals surface area contributed by atoms with Gasteiger partial charge in [0.2, 0.25) is 5.91 Å². The topological polar surface area (TPSA) is 84.9 Å². The fourth-order valence-electron chi connectivity index (χ4n) is 3.17. The number of methoxy groups -OCH3 is 2. The van der Waals surface area contributed by atoms with Crippen molar-refractivity contribution in [3.05, 3.63) is 78.4 Å². The standard InChI is InChI=1S/C23H21F3N2O5S/c1-32-16-12-13-21(33-2)20(14-16)28(34(30,31)17-8-4-3-5-9-17)15-22(29)27-19-11-7-6-10-18(19)23(24,25)26/h3-14H,15H2,1-2H3,(H,27,29). The minimum Gasteiger partial charge on any atom is -0.497 e. The lowest BCUT2D eigenvalue weighted by Gasteiger charge is -2.26. The van der Waals surface area contributed by atoms with Crippen molar-refractivity contribution in [1.29, 1.82) is 0 Å². The number of halogens is 3. The molecule has 0 aliphatic heterocycles. The van der Waals surface area contributed by atoms with Crippen molar-refractivity contribution in [2.75, 3.05) is 30.4 Å². The van der Waals surface area contributed by atoms with Crippen molar-refractivity contribution in [1.82, 2.24) is 0 Å². The third-order valence-corrected chi connectivity index (χ3v) is 6.55. The molecule has 0 unspecified atom stereocenters. The average molecular weight is 494 g/mol. The van der Waals surface area contributed by atoms with Crippen molar-refractivity contribution < 1.29 is 35.9 Å². The van der Waals surface area contributed by atoms with Gasteiger partial charge >= 0.3 is 6.18 Å². The summed E-state index contributed by atoms with van der Waals surface area (Å²) in [7, 11) is -1.63. The fourth-order valence-corrected chi connectivity index (χ4v) is 4.61. The van der Waals surface area contributed by atoms with Crippen molar-refractivity contribution in [3.63, 3.8) is 0 Å². The van der Waals surface area contributed by atoms with E-state index in [1.54, 1.807) is 6.07 Å². The van der Waals surface area contributed by atoms with E-state index in [-0.39, 0.29) is 22.1 Å². The van der Waals surface area contributed by atoms with E-state index < -0.39 is 39.9 Å². The number of carbonyl (C=O) groups excluding carboxylic acids is 1. The van der Waals surface area contributed by atoms with Crippen molar-refractivity contribution in [3.8, 4) is 11.5 Å². The molecule has 3 aromatic rings. The number of alkyl halides is 3. The maximum absolute atomic E-state index is 13.5. The van der Waals surface area contributed by atoms with Crippen molar-refractivity contribution >= 4 is 27.3 Å². The third kappa shape index (κ3) is 5.42. The summed E-state index contributed by atoms with van der Waals surface area (Å²) in [5.41, 5.74) is -1.57. The van der Waals surface area contributed by atoms with Crippen LogP contribution in [-0.4, -0.2) is 35.1 Å². The Morgan fingerprint density at radius 2 is 1.59 bits per heavy atom. The lowest BCUT2D eigenvalue weighted by atomic mass is 10.1. The number of hydrogen-bond donors (Lipinski definition) is 1. The predicted molar refractivity (Wildman–Crippen MR) is 121 cm³/mol. The number of sulfonamides is 1. The Hall–Kier alpha value is -3.73. The lowest BCUT2D eigenvalue weighted by Crippen LogP contribution is -2.38. The summed E-state index contributed by atoms with van der Waals surface area (Å²) in [6.45, 7) is -0.826. The second kappa shape index (κ2) is 10.0. The molecule has 11 heteroatoms. The van der Waals surface area contributed by atoms with Gasteiger partial charge in [0.1, 0.15) is 18.0 Å². The van der Waals surface area contributed by atoms with E-state index in [2.05, 4.69) is 5.32 Å². The summed E-state index contributed by atoms with van der Waals surface area (Å²) in [4.78, 5) is 12.7. The zero-order chi connectivity index (χ0) is 24.9. The first-order chi connectivity index (χ1) is 16.1. The molecule has 1 amide bonds. The quantitative estimate of drug-likeness (QED) is 0.497. The normalized spacial score (nSPS) is 11.6. The molecule has 0 bridgehead atoms. The number of amides is 1. The van der Waals surface area contributed by atoms with Crippen LogP contribution in [0.25, 0.3) is 0 Å². The van der Waals surface area contributed by atoms with E-state index >= 15 is 0 Å². The molecule has 0 heterocycles. The van der Waals surface area contributed by atoms with Gasteiger partial charge in [0.05, 0.1) is 36.1 Å². The Kier molecular flexibility index (Phi) is 7.35. The highest BCUT2D eigenvalue weighted by Crippen LogP contribution is 2.37. The molecule has 3 rings (SSSR count). The van der Waals surface area contributed by atoms with Crippen LogP contribution >= 0.6 is 0 Å². The van der Waals surface area contributed by atoms with Gasteiger partial charge in [-0.2, -0.15) is 13.2 Å². The number of nitrogens with zero attached hydrogens (tertiary/aromatic N) is 1. The Morgan fingerprint density at radius 3 is 2.21 bits per heavy atom. The lowest BCUT2D eigenvalue weighted by molar-refractivity contribution is -0.137. The zero-order valence-corrected chi connectivity index (χ0v) is 19.0. The number of rotatable bonds is 8. The minimum absolute atomic E-state index is 0.0232. The summed E-state index contributed by atoms with van der Waals surface area (Å²) in [5, 5.41) is 2.17. The number of hydrogen-bond acceptors (Lipinski definition) is 5. The van der Waals surface area contributed by atoms with E-state index in [0.717, 1.165) is 16.4 Å². The van der Waals surface area contributed by atoms with Crippen LogP contribution in [0.15, 0.2) is 77.7 Å². The number of anilines is 2. The van der Waals surface area contributed by atoms with Crippen LogP contribution in [0.4, 0.5) is 24.5 Å². The molecule has 0 aliphatic carbocycles. The van der Waals surface area contributed by atoms with E-state index in [1.807, 2.05) is 0 Å². The van der Waals surface area contributed by atoms with Gasteiger partial charge in [0, 0.05) is 6.07 Å². The summed E-state index contributed by atoms with van der Waals surface area (Å²) in [6, 6.07) is 16.1. The molecule has 180 valence electrons. The van der Waals surface area contributed by atoms with Crippen LogP contribution in [0.3, 0.4) is 0 Å². The first-order valence-electron chi connectivity index (χ1n) is 9.84. The Morgan fingerprint density at radius 1 is 0.941 bits per heavy atom. The van der Waals surface area contributed by atoms with Gasteiger partial charge in [-0.05, 0) is 36.4 Å². The number of benzene rings is 3. The molecular formula is C23H21F3N2O5S. The van der Waals surface area contributed by atoms with Gasteiger partial charge in [-0.3, -0.25) is 9.10 Å². The van der Waals surface area contributed by atoms with Gasteiger partial charge in [0.15, 0.2) is 0 Å². The maximum Gasteiger partial charge on any atom is 0.418 e. The second-order valence-corrected chi connectivity index (χ2v) is 8.82. The zero-order valence-electron chi connectivity index (χ0n) is 18.2. The largest absolute Gasteiger partial charge is 0.497 e. The smallest absolute Gasteiger partial charge is 0.418 e. The Labute approximate surface area is 194 Å². The molecule has 3 aromatic carbocycles. The third-order valence-electron chi connectivity index (χ3n) is 4.78. The van der Waals surface area contributed by atoms with E-state index in [9.17, 15) is 26.4 Å². The van der Waals surface area contributed by atoms with Crippen molar-refractivity contribution in [2.24, 2.45) is 0 Å². The number of para-hydroxylation sites is 1. The molecule has 0 atom stereocenters. The van der Waals surface area contributed by atoms with E-state index in [4.69, 9.17) is 9.47 Å². The fraction of sp³-hybridized carbons (Fsp3) is 0.174. The molecule has 0 aromatic heterocycles. The van der Waals surface area contributed by atoms with Crippen LogP contribution in [-0.2, 0) is 21.0 Å². The number of ether oxygens (including phenoxy) is 2. The van der Waals surface area contributed by atoms with Crippen molar-refractivity contribution in [2.45, 2.75) is 11.1 Å². The van der Waals surface area contributed by atoms with Crippen LogP contribution in [0.5, 0.6) is 11.5 Å². The Bertz CT molecular complexity index is 1270. The van der Waals surface area contributed by atoms with E-state index in [1.165, 1.54) is 68.8 Å². The Balaban J connectivity index is 2.06. The summed E-state index contributed by atoms with van der Waals surface area (Å²) >= 11 is 0.